The van der Waals surface area contributed by atoms with Gasteiger partial charge in [-0.15, -0.1) is 0 Å². The van der Waals surface area contributed by atoms with Crippen LogP contribution in [0.3, 0.4) is 0 Å². The van der Waals surface area contributed by atoms with Crippen LogP contribution in [-0.4, -0.2) is 21.5 Å². The molecule has 2 aromatic heterocycles. The molecular weight excluding hydrogens is 453 g/mol. The quantitative estimate of drug-likeness (QED) is 0.469. The molecule has 1 aliphatic heterocycles. The zero-order chi connectivity index (χ0) is 20.5. The van der Waals surface area contributed by atoms with Crippen LogP contribution in [0.1, 0.15) is 37.4 Å². The third-order valence-electron chi connectivity index (χ3n) is 4.87. The Kier molecular flexibility index (Phi) is 5.69. The first-order valence-corrected chi connectivity index (χ1v) is 10.7. The average Bonchev–Trinajstić information content (AvgIpc) is 3.27. The Bertz CT molecular complexity index is 1020. The molecule has 0 saturated carbocycles. The highest BCUT2D eigenvalue weighted by atomic mass is 79.9. The fourth-order valence-corrected chi connectivity index (χ4v) is 4.30. The van der Waals surface area contributed by atoms with E-state index in [1.54, 1.807) is 18.3 Å². The van der Waals surface area contributed by atoms with Crippen molar-refractivity contribution in [3.05, 3.63) is 76.5 Å². The molecule has 1 saturated heterocycles. The summed E-state index contributed by atoms with van der Waals surface area (Å²) in [6.45, 7) is 5.08. The highest BCUT2D eigenvalue weighted by Crippen LogP contribution is 2.41. The maximum Gasteiger partial charge on any atom is 0.170 e. The highest BCUT2D eigenvalue weighted by molar-refractivity contribution is 9.10. The predicted octanol–water partition coefficient (Wildman–Crippen LogP) is 5.87. The zero-order valence-corrected chi connectivity index (χ0v) is 18.5. The second-order valence-electron chi connectivity index (χ2n) is 7.50. The number of halogens is 2. The summed E-state index contributed by atoms with van der Waals surface area (Å²) in [7, 11) is 0. The molecule has 7 heteroatoms. The van der Waals surface area contributed by atoms with Crippen LogP contribution >= 0.6 is 28.1 Å². The Morgan fingerprint density at radius 1 is 1.24 bits per heavy atom. The molecule has 0 spiro atoms. The number of hydrogen-bond donors (Lipinski definition) is 1. The lowest BCUT2D eigenvalue weighted by Crippen LogP contribution is -2.32. The number of aromatic nitrogens is 1. The fraction of sp³-hybridized carbons (Fsp3) is 0.273. The molecule has 3 aromatic rings. The van der Waals surface area contributed by atoms with Gasteiger partial charge in [-0.2, -0.15) is 0 Å². The maximum atomic E-state index is 14.4. The normalized spacial score (nSPS) is 19.1. The van der Waals surface area contributed by atoms with Crippen LogP contribution in [-0.2, 0) is 0 Å². The Morgan fingerprint density at radius 2 is 2.07 bits per heavy atom. The molecule has 0 aliphatic carbocycles. The van der Waals surface area contributed by atoms with Crippen LogP contribution in [0.25, 0.3) is 11.3 Å². The second-order valence-corrected chi connectivity index (χ2v) is 8.80. The van der Waals surface area contributed by atoms with Crippen molar-refractivity contribution in [2.45, 2.75) is 25.9 Å². The molecule has 3 heterocycles. The summed E-state index contributed by atoms with van der Waals surface area (Å²) in [6, 6.07) is 14.2. The second kappa shape index (κ2) is 8.24. The maximum absolute atomic E-state index is 14.4. The number of pyridine rings is 1. The van der Waals surface area contributed by atoms with Crippen LogP contribution in [0.4, 0.5) is 4.39 Å². The Hall–Kier alpha value is -2.25. The molecule has 0 amide bonds. The van der Waals surface area contributed by atoms with Gasteiger partial charge in [0.1, 0.15) is 23.4 Å². The summed E-state index contributed by atoms with van der Waals surface area (Å²) in [5, 5.41) is 4.07. The molecule has 4 rings (SSSR count). The molecule has 1 aliphatic rings. The van der Waals surface area contributed by atoms with Gasteiger partial charge in [0.05, 0.1) is 17.3 Å². The molecule has 29 heavy (non-hydrogen) atoms. The van der Waals surface area contributed by atoms with Crippen molar-refractivity contribution in [3.63, 3.8) is 0 Å². The minimum atomic E-state index is -0.333. The summed E-state index contributed by atoms with van der Waals surface area (Å²) in [6.07, 6.45) is 1.77. The summed E-state index contributed by atoms with van der Waals surface area (Å²) >= 11 is 8.92. The van der Waals surface area contributed by atoms with Crippen LogP contribution in [0.2, 0.25) is 0 Å². The molecule has 0 radical (unpaired) electrons. The minimum Gasteiger partial charge on any atom is -0.459 e. The van der Waals surface area contributed by atoms with E-state index < -0.39 is 0 Å². The van der Waals surface area contributed by atoms with Crippen LogP contribution < -0.4 is 5.32 Å². The first-order chi connectivity index (χ1) is 13.9. The van der Waals surface area contributed by atoms with Gasteiger partial charge in [0.2, 0.25) is 0 Å². The van der Waals surface area contributed by atoms with E-state index in [9.17, 15) is 4.39 Å². The molecule has 2 atom stereocenters. The first-order valence-electron chi connectivity index (χ1n) is 9.47. The van der Waals surface area contributed by atoms with Crippen molar-refractivity contribution in [2.75, 3.05) is 6.54 Å². The van der Waals surface area contributed by atoms with Crippen molar-refractivity contribution < 1.29 is 8.81 Å². The number of nitrogens with one attached hydrogen (secondary N) is 1. The van der Waals surface area contributed by atoms with Crippen molar-refractivity contribution in [3.8, 4) is 11.3 Å². The van der Waals surface area contributed by atoms with Gasteiger partial charge in [-0.3, -0.25) is 4.98 Å². The van der Waals surface area contributed by atoms with Gasteiger partial charge in [0.25, 0.3) is 0 Å². The summed E-state index contributed by atoms with van der Waals surface area (Å²) < 4.78 is 21.3. The van der Waals surface area contributed by atoms with E-state index in [-0.39, 0.29) is 17.9 Å². The number of hydrogen-bond acceptors (Lipinski definition) is 3. The van der Waals surface area contributed by atoms with Crippen molar-refractivity contribution >= 4 is 33.3 Å². The zero-order valence-electron chi connectivity index (χ0n) is 16.1. The van der Waals surface area contributed by atoms with Gasteiger partial charge in [0.15, 0.2) is 5.11 Å². The highest BCUT2D eigenvalue weighted by Gasteiger charge is 2.41. The van der Waals surface area contributed by atoms with E-state index in [2.05, 4.69) is 45.0 Å². The minimum absolute atomic E-state index is 0.142. The topological polar surface area (TPSA) is 41.3 Å². The standard InChI is InChI=1S/C22H21BrFN3OS/c1-13(2)12-27-21(20(26-22(27)29)17-5-3-4-10-25-17)19-9-8-18(28-19)15-7-6-14(23)11-16(15)24/h3-11,13,20-21H,12H2,1-2H3,(H,26,29)/t20-,21-/m1/s1. The van der Waals surface area contributed by atoms with Gasteiger partial charge >= 0.3 is 0 Å². The average molecular weight is 474 g/mol. The molecule has 4 nitrogen and oxygen atoms in total. The lowest BCUT2D eigenvalue weighted by molar-refractivity contribution is 0.253. The van der Waals surface area contributed by atoms with Gasteiger partial charge < -0.3 is 14.6 Å². The summed E-state index contributed by atoms with van der Waals surface area (Å²) in [4.78, 5) is 6.66. The molecule has 1 fully saturated rings. The lowest BCUT2D eigenvalue weighted by Gasteiger charge is -2.27. The van der Waals surface area contributed by atoms with Crippen LogP contribution in [0, 0.1) is 11.7 Å². The molecule has 150 valence electrons. The first kappa shape index (κ1) is 20.0. The number of rotatable bonds is 5. The predicted molar refractivity (Wildman–Crippen MR) is 119 cm³/mol. The smallest absolute Gasteiger partial charge is 0.170 e. The van der Waals surface area contributed by atoms with Crippen molar-refractivity contribution in [2.24, 2.45) is 5.92 Å². The van der Waals surface area contributed by atoms with E-state index in [0.29, 0.717) is 26.8 Å². The Balaban J connectivity index is 1.74. The van der Waals surface area contributed by atoms with Crippen LogP contribution in [0.5, 0.6) is 0 Å². The number of nitrogens with zero attached hydrogens (tertiary/aromatic N) is 2. The summed E-state index contributed by atoms with van der Waals surface area (Å²) in [5.41, 5.74) is 1.32. The fourth-order valence-electron chi connectivity index (χ4n) is 3.65. The van der Waals surface area contributed by atoms with Gasteiger partial charge in [0, 0.05) is 17.2 Å². The van der Waals surface area contributed by atoms with E-state index in [1.807, 2.05) is 30.3 Å². The number of benzene rings is 1. The van der Waals surface area contributed by atoms with Crippen molar-refractivity contribution in [1.29, 1.82) is 0 Å². The number of thiocarbonyl (C=S) groups is 1. The SMILES string of the molecule is CC(C)CN1C(=S)N[C@H](c2ccccn2)[C@H]1c1ccc(-c2ccc(Br)cc2F)o1. The molecule has 1 N–H and O–H groups in total. The lowest BCUT2D eigenvalue weighted by atomic mass is 10.0. The van der Waals surface area contributed by atoms with Gasteiger partial charge in [-0.05, 0) is 60.6 Å². The largest absolute Gasteiger partial charge is 0.459 e. The third-order valence-corrected chi connectivity index (χ3v) is 5.72. The van der Waals surface area contributed by atoms with Crippen molar-refractivity contribution in [1.82, 2.24) is 15.2 Å². The van der Waals surface area contributed by atoms with E-state index in [1.165, 1.54) is 6.07 Å². The Labute approximate surface area is 183 Å². The summed E-state index contributed by atoms with van der Waals surface area (Å²) in [5.74, 6) is 1.30. The van der Waals surface area contributed by atoms with E-state index in [4.69, 9.17) is 16.6 Å². The van der Waals surface area contributed by atoms with E-state index in [0.717, 1.165) is 18.0 Å². The van der Waals surface area contributed by atoms with E-state index >= 15 is 0 Å². The molecule has 1 aromatic carbocycles. The monoisotopic (exact) mass is 473 g/mol. The molecule has 0 bridgehead atoms. The van der Waals surface area contributed by atoms with Gasteiger partial charge in [-0.1, -0.05) is 35.8 Å². The Morgan fingerprint density at radius 3 is 2.76 bits per heavy atom. The third kappa shape index (κ3) is 4.07. The number of furan rings is 1. The van der Waals surface area contributed by atoms with Gasteiger partial charge in [-0.25, -0.2) is 4.39 Å². The molecular formula is C22H21BrFN3OS. The van der Waals surface area contributed by atoms with Crippen LogP contribution in [0.15, 0.2) is 63.6 Å². The molecule has 0 unspecified atom stereocenters.